The van der Waals surface area contributed by atoms with Gasteiger partial charge >= 0.3 is 0 Å². The van der Waals surface area contributed by atoms with E-state index in [-0.39, 0.29) is 17.0 Å². The summed E-state index contributed by atoms with van der Waals surface area (Å²) in [6.45, 7) is 2.59. The number of amides is 2. The van der Waals surface area contributed by atoms with Gasteiger partial charge in [-0.3, -0.25) is 30.6 Å². The summed E-state index contributed by atoms with van der Waals surface area (Å²) < 4.78 is 1.90. The third kappa shape index (κ3) is 5.00. The van der Waals surface area contributed by atoms with Crippen molar-refractivity contribution in [2.45, 2.75) is 18.6 Å². The maximum absolute atomic E-state index is 12.1. The zero-order valence-corrected chi connectivity index (χ0v) is 16.8. The molecule has 2 aromatic carbocycles. The number of nitro benzene ring substituents is 1. The normalized spacial score (nSPS) is 10.4. The second-order valence-electron chi connectivity index (χ2n) is 6.01. The summed E-state index contributed by atoms with van der Waals surface area (Å²) in [5.41, 5.74) is 5.31. The molecular formula is C19H18N6O4S. The predicted octanol–water partition coefficient (Wildman–Crippen LogP) is 2.43. The molecule has 0 aliphatic heterocycles. The molecule has 10 nitrogen and oxygen atoms in total. The van der Waals surface area contributed by atoms with E-state index in [0.29, 0.717) is 17.5 Å². The Morgan fingerprint density at radius 2 is 1.87 bits per heavy atom. The molecule has 2 amide bonds. The molecule has 1 heterocycles. The number of nitrogens with zero attached hydrogens (tertiary/aromatic N) is 4. The number of nitro groups is 1. The highest BCUT2D eigenvalue weighted by molar-refractivity contribution is 7.99. The quantitative estimate of drug-likeness (QED) is 0.337. The fourth-order valence-corrected chi connectivity index (χ4v) is 3.41. The van der Waals surface area contributed by atoms with Crippen LogP contribution in [0.3, 0.4) is 0 Å². The van der Waals surface area contributed by atoms with Crippen LogP contribution in [-0.4, -0.2) is 37.3 Å². The summed E-state index contributed by atoms with van der Waals surface area (Å²) in [5, 5.41) is 19.7. The van der Waals surface area contributed by atoms with Gasteiger partial charge < -0.3 is 4.57 Å². The van der Waals surface area contributed by atoms with Crippen LogP contribution in [0.1, 0.15) is 17.3 Å². The number of carbonyl (C=O) groups excluding carboxylic acids is 2. The maximum atomic E-state index is 12.1. The highest BCUT2D eigenvalue weighted by Gasteiger charge is 2.15. The topological polar surface area (TPSA) is 132 Å². The maximum Gasteiger partial charge on any atom is 0.270 e. The smallest absolute Gasteiger partial charge is 0.270 e. The van der Waals surface area contributed by atoms with E-state index in [1.807, 2.05) is 41.8 Å². The summed E-state index contributed by atoms with van der Waals surface area (Å²) in [6, 6.07) is 14.8. The Bertz CT molecular complexity index is 1070. The van der Waals surface area contributed by atoms with Crippen LogP contribution in [-0.2, 0) is 11.3 Å². The van der Waals surface area contributed by atoms with Crippen LogP contribution in [0.4, 0.5) is 5.69 Å². The van der Waals surface area contributed by atoms with Gasteiger partial charge in [0.1, 0.15) is 0 Å². The van der Waals surface area contributed by atoms with Crippen molar-refractivity contribution in [3.8, 4) is 11.4 Å². The van der Waals surface area contributed by atoms with Crippen LogP contribution < -0.4 is 10.9 Å². The lowest BCUT2D eigenvalue weighted by molar-refractivity contribution is -0.384. The van der Waals surface area contributed by atoms with E-state index in [2.05, 4.69) is 21.0 Å². The molecule has 1 aromatic heterocycles. The van der Waals surface area contributed by atoms with Gasteiger partial charge in [-0.1, -0.05) is 48.2 Å². The lowest BCUT2D eigenvalue weighted by Gasteiger charge is -2.08. The van der Waals surface area contributed by atoms with Crippen molar-refractivity contribution in [2.75, 3.05) is 5.75 Å². The van der Waals surface area contributed by atoms with E-state index >= 15 is 0 Å². The molecule has 0 radical (unpaired) electrons. The molecule has 2 N–H and O–H groups in total. The summed E-state index contributed by atoms with van der Waals surface area (Å²) in [4.78, 5) is 34.4. The Kier molecular flexibility index (Phi) is 6.75. The van der Waals surface area contributed by atoms with Gasteiger partial charge in [0.15, 0.2) is 11.0 Å². The summed E-state index contributed by atoms with van der Waals surface area (Å²) in [5.74, 6) is -0.395. The number of carbonyl (C=O) groups is 2. The van der Waals surface area contributed by atoms with Gasteiger partial charge in [0.25, 0.3) is 11.6 Å². The first-order chi connectivity index (χ1) is 14.5. The molecule has 0 fully saturated rings. The monoisotopic (exact) mass is 426 g/mol. The average Bonchev–Trinajstić information content (AvgIpc) is 3.19. The van der Waals surface area contributed by atoms with Gasteiger partial charge in [0.05, 0.1) is 10.7 Å². The van der Waals surface area contributed by atoms with Gasteiger partial charge in [-0.15, -0.1) is 10.2 Å². The molecule has 0 aliphatic rings. The highest BCUT2D eigenvalue weighted by atomic mass is 32.2. The lowest BCUT2D eigenvalue weighted by atomic mass is 10.2. The van der Waals surface area contributed by atoms with Crippen molar-refractivity contribution in [3.63, 3.8) is 0 Å². The van der Waals surface area contributed by atoms with E-state index in [1.54, 1.807) is 0 Å². The fourth-order valence-electron chi connectivity index (χ4n) is 2.61. The predicted molar refractivity (Wildman–Crippen MR) is 111 cm³/mol. The van der Waals surface area contributed by atoms with Gasteiger partial charge in [-0.2, -0.15) is 0 Å². The third-order valence-corrected chi connectivity index (χ3v) is 5.00. The van der Waals surface area contributed by atoms with Gasteiger partial charge in [-0.25, -0.2) is 0 Å². The number of rotatable bonds is 7. The third-order valence-electron chi connectivity index (χ3n) is 4.03. The number of hydrogen-bond donors (Lipinski definition) is 2. The number of non-ortho nitro benzene ring substituents is 1. The Morgan fingerprint density at radius 1 is 1.10 bits per heavy atom. The van der Waals surface area contributed by atoms with E-state index in [9.17, 15) is 19.7 Å². The van der Waals surface area contributed by atoms with Gasteiger partial charge in [0.2, 0.25) is 5.91 Å². The number of thioether (sulfide) groups is 1. The molecule has 154 valence electrons. The van der Waals surface area contributed by atoms with Crippen LogP contribution in [0.5, 0.6) is 0 Å². The standard InChI is InChI=1S/C19H18N6O4S/c1-2-24-17(13-7-4-3-5-8-13)21-23-19(24)30-12-16(26)20-22-18(27)14-9-6-10-15(11-14)25(28)29/h3-11H,2,12H2,1H3,(H,20,26)(H,22,27). The number of benzene rings is 2. The Morgan fingerprint density at radius 3 is 2.57 bits per heavy atom. The van der Waals surface area contributed by atoms with Crippen molar-refractivity contribution < 1.29 is 14.5 Å². The number of aromatic nitrogens is 3. The van der Waals surface area contributed by atoms with Crippen molar-refractivity contribution >= 4 is 29.3 Å². The molecule has 0 unspecified atom stereocenters. The molecule has 0 aliphatic carbocycles. The molecule has 0 bridgehead atoms. The molecule has 30 heavy (non-hydrogen) atoms. The largest absolute Gasteiger partial charge is 0.302 e. The Balaban J connectivity index is 1.56. The summed E-state index contributed by atoms with van der Waals surface area (Å²) in [7, 11) is 0. The molecule has 3 aromatic rings. The van der Waals surface area contributed by atoms with Crippen molar-refractivity contribution in [1.82, 2.24) is 25.6 Å². The van der Waals surface area contributed by atoms with Gasteiger partial charge in [-0.05, 0) is 13.0 Å². The lowest BCUT2D eigenvalue weighted by Crippen LogP contribution is -2.42. The molecular weight excluding hydrogens is 408 g/mol. The summed E-state index contributed by atoms with van der Waals surface area (Å²) >= 11 is 1.19. The van der Waals surface area contributed by atoms with Gasteiger partial charge in [0, 0.05) is 29.8 Å². The minimum Gasteiger partial charge on any atom is -0.302 e. The van der Waals surface area contributed by atoms with E-state index < -0.39 is 16.7 Å². The second-order valence-corrected chi connectivity index (χ2v) is 6.96. The first-order valence-electron chi connectivity index (χ1n) is 8.94. The first-order valence-corrected chi connectivity index (χ1v) is 9.93. The Labute approximate surface area is 175 Å². The van der Waals surface area contributed by atoms with E-state index in [0.717, 1.165) is 11.6 Å². The second kappa shape index (κ2) is 9.65. The van der Waals surface area contributed by atoms with Crippen LogP contribution in [0.2, 0.25) is 0 Å². The average molecular weight is 426 g/mol. The van der Waals surface area contributed by atoms with Crippen LogP contribution in [0, 0.1) is 10.1 Å². The number of hydrazine groups is 1. The van der Waals surface area contributed by atoms with Crippen molar-refractivity contribution in [2.24, 2.45) is 0 Å². The minimum atomic E-state index is -0.653. The minimum absolute atomic E-state index is 0.00212. The van der Waals surface area contributed by atoms with E-state index in [4.69, 9.17) is 0 Å². The van der Waals surface area contributed by atoms with Crippen LogP contribution in [0.15, 0.2) is 59.8 Å². The number of nitrogens with one attached hydrogen (secondary N) is 2. The molecule has 11 heteroatoms. The highest BCUT2D eigenvalue weighted by Crippen LogP contribution is 2.23. The fraction of sp³-hybridized carbons (Fsp3) is 0.158. The molecule has 0 spiro atoms. The van der Waals surface area contributed by atoms with Crippen molar-refractivity contribution in [3.05, 3.63) is 70.3 Å². The number of hydrogen-bond acceptors (Lipinski definition) is 7. The SMILES string of the molecule is CCn1c(SCC(=O)NNC(=O)c2cccc([N+](=O)[O-])c2)nnc1-c1ccccc1. The molecule has 0 saturated carbocycles. The molecule has 3 rings (SSSR count). The molecule has 0 atom stereocenters. The van der Waals surface area contributed by atoms with Crippen molar-refractivity contribution in [1.29, 1.82) is 0 Å². The van der Waals surface area contributed by atoms with E-state index in [1.165, 1.54) is 30.0 Å². The first kappa shape index (κ1) is 21.0. The molecule has 0 saturated heterocycles. The zero-order valence-electron chi connectivity index (χ0n) is 15.9. The Hall–Kier alpha value is -3.73. The zero-order chi connectivity index (χ0) is 21.5. The van der Waals surface area contributed by atoms with Crippen LogP contribution >= 0.6 is 11.8 Å². The summed E-state index contributed by atoms with van der Waals surface area (Å²) in [6.07, 6.45) is 0. The van der Waals surface area contributed by atoms with Crippen LogP contribution in [0.25, 0.3) is 11.4 Å².